The normalized spacial score (nSPS) is 15.5. The first-order valence-corrected chi connectivity index (χ1v) is 26.6. The predicted octanol–water partition coefficient (Wildman–Crippen LogP) is 20.5. The van der Waals surface area contributed by atoms with Crippen LogP contribution in [0.15, 0.2) is 170 Å². The molecule has 70 heavy (non-hydrogen) atoms. The van der Waals surface area contributed by atoms with Crippen molar-refractivity contribution in [2.75, 3.05) is 9.80 Å². The first kappa shape index (κ1) is 44.6. The minimum absolute atomic E-state index is 0.00930. The first-order chi connectivity index (χ1) is 34.0. The van der Waals surface area contributed by atoms with E-state index in [0.717, 1.165) is 0 Å². The average molecular weight is 913 g/mol. The molecule has 0 aliphatic heterocycles. The highest BCUT2D eigenvalue weighted by atomic mass is 15.2. The van der Waals surface area contributed by atoms with Gasteiger partial charge in [0, 0.05) is 32.9 Å². The predicted molar refractivity (Wildman–Crippen MR) is 304 cm³/mol. The summed E-state index contributed by atoms with van der Waals surface area (Å²) in [6.45, 7) is 14.0. The van der Waals surface area contributed by atoms with Crippen molar-refractivity contribution in [1.29, 1.82) is 0 Å². The molecule has 350 valence electrons. The van der Waals surface area contributed by atoms with E-state index in [1.165, 1.54) is 174 Å². The lowest BCUT2D eigenvalue weighted by Gasteiger charge is -2.34. The average Bonchev–Trinajstić information content (AvgIpc) is 3.39. The summed E-state index contributed by atoms with van der Waals surface area (Å²) in [6, 6.07) is 66.0. The van der Waals surface area contributed by atoms with Crippen LogP contribution in [-0.4, -0.2) is 0 Å². The van der Waals surface area contributed by atoms with E-state index in [-0.39, 0.29) is 10.8 Å². The minimum Gasteiger partial charge on any atom is -0.309 e. The number of benzene rings is 10. The van der Waals surface area contributed by atoms with Crippen molar-refractivity contribution in [3.05, 3.63) is 192 Å². The first-order valence-electron chi connectivity index (χ1n) is 26.6. The maximum Gasteiger partial charge on any atom is 0.0543 e. The highest BCUT2D eigenvalue weighted by molar-refractivity contribution is 6.30. The summed E-state index contributed by atoms with van der Waals surface area (Å²) in [7, 11) is 0. The molecule has 2 heteroatoms. The summed E-state index contributed by atoms with van der Waals surface area (Å²) < 4.78 is 0. The molecule has 2 fully saturated rings. The van der Waals surface area contributed by atoms with Gasteiger partial charge in [-0.15, -0.1) is 0 Å². The number of fused-ring (bicyclic) bond motifs is 2. The van der Waals surface area contributed by atoms with E-state index in [4.69, 9.17) is 0 Å². The largest absolute Gasteiger partial charge is 0.309 e. The number of hydrogen-bond donors (Lipinski definition) is 0. The Kier molecular flexibility index (Phi) is 11.2. The Bertz CT molecular complexity index is 3300. The van der Waals surface area contributed by atoms with Gasteiger partial charge in [0.05, 0.1) is 22.7 Å². The van der Waals surface area contributed by atoms with Crippen LogP contribution >= 0.6 is 0 Å². The van der Waals surface area contributed by atoms with Crippen LogP contribution < -0.4 is 9.80 Å². The third-order valence-electron chi connectivity index (χ3n) is 16.4. The van der Waals surface area contributed by atoms with E-state index in [1.54, 1.807) is 0 Å². The summed E-state index contributed by atoms with van der Waals surface area (Å²) >= 11 is 0. The monoisotopic (exact) mass is 913 g/mol. The molecule has 0 bridgehead atoms. The van der Waals surface area contributed by atoms with Crippen LogP contribution in [0.5, 0.6) is 0 Å². The number of nitrogens with zero attached hydrogens (tertiary/aromatic N) is 2. The topological polar surface area (TPSA) is 6.48 Å². The Hall–Kier alpha value is -6.64. The molecule has 2 aliphatic rings. The van der Waals surface area contributed by atoms with Gasteiger partial charge in [-0.2, -0.15) is 0 Å². The highest BCUT2D eigenvalue weighted by Gasteiger charge is 2.31. The van der Waals surface area contributed by atoms with Crippen molar-refractivity contribution >= 4 is 88.0 Å². The molecule has 0 amide bonds. The summed E-state index contributed by atoms with van der Waals surface area (Å²) in [5.74, 6) is 0.994. The number of rotatable bonds is 8. The van der Waals surface area contributed by atoms with Crippen molar-refractivity contribution in [1.82, 2.24) is 0 Å². The lowest BCUT2D eigenvalue weighted by atomic mass is 9.77. The fourth-order valence-electron chi connectivity index (χ4n) is 12.7. The molecular weight excluding hydrogens is 845 g/mol. The number of hydrogen-bond acceptors (Lipinski definition) is 2. The van der Waals surface area contributed by atoms with Crippen molar-refractivity contribution in [3.8, 4) is 0 Å². The van der Waals surface area contributed by atoms with E-state index in [9.17, 15) is 0 Å². The van der Waals surface area contributed by atoms with Crippen LogP contribution in [0.2, 0.25) is 0 Å². The van der Waals surface area contributed by atoms with E-state index < -0.39 is 0 Å². The molecule has 0 unspecified atom stereocenters. The molecule has 0 saturated heterocycles. The van der Waals surface area contributed by atoms with Crippen LogP contribution in [0, 0.1) is 0 Å². The molecule has 2 nitrogen and oxygen atoms in total. The molecular formula is C68H68N2. The van der Waals surface area contributed by atoms with Crippen LogP contribution in [0.1, 0.15) is 140 Å². The van der Waals surface area contributed by atoms with Gasteiger partial charge in [-0.05, 0) is 151 Å². The standard InChI is InChI=1S/C68H68N2/c1-67(2,3)49-29-19-31-51(41-49)69(61-35-17-27-45-25-13-15-33-53(45)61)63-43-59(47-21-9-7-10-22-47)55-38-40-58-64(44-60(48-23-11-8-12-24-48)56-37-39-57(63)65(55)66(56)58)70(52-32-20-30-50(42-52)68(4,5)6)62-36-18-28-46-26-14-16-34-54(46)62/h13-20,25-44,47-48H,7-12,21-24H2,1-6H3. The van der Waals surface area contributed by atoms with Crippen molar-refractivity contribution in [3.63, 3.8) is 0 Å². The molecule has 0 N–H and O–H groups in total. The van der Waals surface area contributed by atoms with E-state index in [0.29, 0.717) is 11.8 Å². The molecule has 0 radical (unpaired) electrons. The fraction of sp³-hybridized carbons (Fsp3) is 0.294. The smallest absolute Gasteiger partial charge is 0.0543 e. The van der Waals surface area contributed by atoms with Gasteiger partial charge >= 0.3 is 0 Å². The summed E-state index contributed by atoms with van der Waals surface area (Å²) in [4.78, 5) is 5.28. The minimum atomic E-state index is -0.00930. The maximum atomic E-state index is 2.65. The summed E-state index contributed by atoms with van der Waals surface area (Å²) in [5.41, 5.74) is 13.1. The molecule has 10 aromatic carbocycles. The van der Waals surface area contributed by atoms with Crippen molar-refractivity contribution in [2.45, 2.75) is 128 Å². The van der Waals surface area contributed by atoms with Gasteiger partial charge in [0.1, 0.15) is 0 Å². The van der Waals surface area contributed by atoms with Gasteiger partial charge in [0.15, 0.2) is 0 Å². The van der Waals surface area contributed by atoms with Gasteiger partial charge < -0.3 is 9.80 Å². The maximum absolute atomic E-state index is 2.65. The Morgan fingerprint density at radius 2 is 0.700 bits per heavy atom. The Balaban J connectivity index is 1.23. The van der Waals surface area contributed by atoms with Crippen LogP contribution in [0.3, 0.4) is 0 Å². The van der Waals surface area contributed by atoms with Crippen molar-refractivity contribution < 1.29 is 0 Å². The SMILES string of the molecule is CC(C)(C)c1cccc(N(c2cccc3ccccc23)c2cc(C3CCCCC3)c3ccc4c(N(c5cccc(C(C)(C)C)c5)c5cccc6ccccc56)cc(C5CCCCC5)c5ccc2c3c54)c1. The Morgan fingerprint density at radius 1 is 0.329 bits per heavy atom. The van der Waals surface area contributed by atoms with Gasteiger partial charge in [0.25, 0.3) is 0 Å². The van der Waals surface area contributed by atoms with E-state index in [1.807, 2.05) is 0 Å². The molecule has 0 spiro atoms. The van der Waals surface area contributed by atoms with Crippen molar-refractivity contribution in [2.24, 2.45) is 0 Å². The zero-order valence-electron chi connectivity index (χ0n) is 42.3. The zero-order chi connectivity index (χ0) is 47.7. The molecule has 0 heterocycles. The lowest BCUT2D eigenvalue weighted by Crippen LogP contribution is -2.16. The number of anilines is 6. The molecule has 2 saturated carbocycles. The van der Waals surface area contributed by atoms with Crippen LogP contribution in [0.25, 0.3) is 53.9 Å². The van der Waals surface area contributed by atoms with Gasteiger partial charge in [0.2, 0.25) is 0 Å². The molecule has 0 aromatic heterocycles. The van der Waals surface area contributed by atoms with Crippen LogP contribution in [0.4, 0.5) is 34.1 Å². The Labute approximate surface area is 416 Å². The third-order valence-corrected chi connectivity index (χ3v) is 16.4. The highest BCUT2D eigenvalue weighted by Crippen LogP contribution is 2.54. The second kappa shape index (κ2) is 17.6. The van der Waals surface area contributed by atoms with E-state index in [2.05, 4.69) is 221 Å². The van der Waals surface area contributed by atoms with E-state index >= 15 is 0 Å². The second-order valence-corrected chi connectivity index (χ2v) is 23.0. The second-order valence-electron chi connectivity index (χ2n) is 23.0. The quantitative estimate of drug-likeness (QED) is 0.140. The summed E-state index contributed by atoms with van der Waals surface area (Å²) in [5, 5.41) is 13.4. The Morgan fingerprint density at radius 3 is 1.11 bits per heavy atom. The fourth-order valence-corrected chi connectivity index (χ4v) is 12.7. The lowest BCUT2D eigenvalue weighted by molar-refractivity contribution is 0.445. The molecule has 12 rings (SSSR count). The zero-order valence-corrected chi connectivity index (χ0v) is 42.3. The van der Waals surface area contributed by atoms with Gasteiger partial charge in [-0.1, -0.05) is 201 Å². The van der Waals surface area contributed by atoms with Crippen LogP contribution in [-0.2, 0) is 10.8 Å². The van der Waals surface area contributed by atoms with Gasteiger partial charge in [-0.25, -0.2) is 0 Å². The molecule has 10 aromatic rings. The third kappa shape index (κ3) is 7.79. The molecule has 0 atom stereocenters. The molecule has 2 aliphatic carbocycles. The van der Waals surface area contributed by atoms with Gasteiger partial charge in [-0.3, -0.25) is 0 Å². The summed E-state index contributed by atoms with van der Waals surface area (Å²) in [6.07, 6.45) is 12.7.